The van der Waals surface area contributed by atoms with E-state index in [1.165, 1.54) is 21.8 Å². The van der Waals surface area contributed by atoms with Crippen molar-refractivity contribution in [1.82, 2.24) is 4.57 Å². The molecule has 1 aliphatic rings. The van der Waals surface area contributed by atoms with E-state index in [1.54, 1.807) is 7.11 Å². The van der Waals surface area contributed by atoms with Crippen LogP contribution in [0.15, 0.2) is 12.1 Å². The highest BCUT2D eigenvalue weighted by Crippen LogP contribution is 2.31. The van der Waals surface area contributed by atoms with Crippen molar-refractivity contribution < 1.29 is 19.1 Å². The Balaban J connectivity index is 1.66. The van der Waals surface area contributed by atoms with Gasteiger partial charge in [0.1, 0.15) is 4.88 Å². The van der Waals surface area contributed by atoms with Crippen molar-refractivity contribution in [2.24, 2.45) is 0 Å². The van der Waals surface area contributed by atoms with E-state index in [1.807, 2.05) is 32.9 Å². The lowest BCUT2D eigenvalue weighted by atomic mass is 10.1. The molecule has 0 spiro atoms. The lowest BCUT2D eigenvalue weighted by molar-refractivity contribution is 0.0479. The van der Waals surface area contributed by atoms with E-state index in [2.05, 4.69) is 4.57 Å². The van der Waals surface area contributed by atoms with Crippen molar-refractivity contribution in [2.75, 3.05) is 20.3 Å². The van der Waals surface area contributed by atoms with E-state index in [9.17, 15) is 9.59 Å². The zero-order valence-electron chi connectivity index (χ0n) is 15.8. The number of thiophene rings is 1. The summed E-state index contributed by atoms with van der Waals surface area (Å²) in [6, 6.07) is 3.91. The summed E-state index contributed by atoms with van der Waals surface area (Å²) < 4.78 is 12.6. The second-order valence-corrected chi connectivity index (χ2v) is 8.01. The van der Waals surface area contributed by atoms with E-state index in [4.69, 9.17) is 9.47 Å². The number of carbonyl (C=O) groups excluding carboxylic acids is 2. The molecule has 1 atom stereocenters. The van der Waals surface area contributed by atoms with Crippen molar-refractivity contribution in [1.29, 1.82) is 0 Å². The fourth-order valence-electron chi connectivity index (χ4n) is 3.76. The Morgan fingerprint density at radius 3 is 2.73 bits per heavy atom. The summed E-state index contributed by atoms with van der Waals surface area (Å²) in [5.74, 6) is -0.578. The zero-order valence-corrected chi connectivity index (χ0v) is 16.6. The van der Waals surface area contributed by atoms with E-state index in [-0.39, 0.29) is 18.4 Å². The maximum atomic E-state index is 12.6. The average Bonchev–Trinajstić information content (AvgIpc) is 3.26. The van der Waals surface area contributed by atoms with Gasteiger partial charge in [0.15, 0.2) is 6.61 Å². The number of fused-ring (bicyclic) bond motifs is 1. The molecule has 0 N–H and O–H groups in total. The van der Waals surface area contributed by atoms with Crippen LogP contribution >= 0.6 is 11.3 Å². The van der Waals surface area contributed by atoms with Gasteiger partial charge in [0.25, 0.3) is 0 Å². The molecule has 0 radical (unpaired) electrons. The highest BCUT2D eigenvalue weighted by Gasteiger charge is 2.22. The fourth-order valence-corrected chi connectivity index (χ4v) is 4.91. The Morgan fingerprint density at radius 2 is 2.04 bits per heavy atom. The van der Waals surface area contributed by atoms with Gasteiger partial charge in [0.2, 0.25) is 5.78 Å². The van der Waals surface area contributed by atoms with Crippen molar-refractivity contribution in [3.05, 3.63) is 44.4 Å². The Bertz CT molecular complexity index is 812. The molecule has 2 aromatic heterocycles. The molecule has 0 bridgehead atoms. The molecule has 0 fully saturated rings. The van der Waals surface area contributed by atoms with Crippen molar-refractivity contribution in [3.8, 4) is 0 Å². The molecule has 1 aliphatic carbocycles. The Morgan fingerprint density at radius 1 is 1.27 bits per heavy atom. The van der Waals surface area contributed by atoms with Gasteiger partial charge in [-0.05, 0) is 57.7 Å². The standard InChI is InChI=1S/C20H25NO4S/c1-12-8-16(14(3)21(12)13(2)10-24-4)17(22)11-25-20(23)19-9-15-6-5-7-18(15)26-19/h8-9,13H,5-7,10-11H2,1-4H3. The van der Waals surface area contributed by atoms with Gasteiger partial charge >= 0.3 is 5.97 Å². The van der Waals surface area contributed by atoms with Crippen LogP contribution in [0.5, 0.6) is 0 Å². The van der Waals surface area contributed by atoms with Gasteiger partial charge < -0.3 is 14.0 Å². The van der Waals surface area contributed by atoms with Crippen LogP contribution in [0.4, 0.5) is 0 Å². The van der Waals surface area contributed by atoms with Crippen LogP contribution in [0, 0.1) is 13.8 Å². The van der Waals surface area contributed by atoms with Crippen LogP contribution in [-0.4, -0.2) is 36.6 Å². The lowest BCUT2D eigenvalue weighted by Crippen LogP contribution is -2.16. The van der Waals surface area contributed by atoms with Crippen LogP contribution in [0.1, 0.15) is 61.2 Å². The molecule has 0 aliphatic heterocycles. The van der Waals surface area contributed by atoms with Gasteiger partial charge in [0, 0.05) is 28.9 Å². The molecule has 0 aromatic carbocycles. The normalized spacial score (nSPS) is 14.3. The van der Waals surface area contributed by atoms with E-state index < -0.39 is 5.97 Å². The minimum Gasteiger partial charge on any atom is -0.453 e. The largest absolute Gasteiger partial charge is 0.453 e. The number of aromatic nitrogens is 1. The van der Waals surface area contributed by atoms with Gasteiger partial charge in [-0.3, -0.25) is 4.79 Å². The molecule has 0 saturated carbocycles. The van der Waals surface area contributed by atoms with Gasteiger partial charge in [-0.1, -0.05) is 0 Å². The van der Waals surface area contributed by atoms with Crippen LogP contribution in [0.25, 0.3) is 0 Å². The fraction of sp³-hybridized carbons (Fsp3) is 0.500. The molecule has 2 aromatic rings. The van der Waals surface area contributed by atoms with E-state index in [0.717, 1.165) is 30.7 Å². The second-order valence-electron chi connectivity index (χ2n) is 6.87. The van der Waals surface area contributed by atoms with Gasteiger partial charge in [-0.25, -0.2) is 4.79 Å². The highest BCUT2D eigenvalue weighted by atomic mass is 32.1. The summed E-state index contributed by atoms with van der Waals surface area (Å²) in [7, 11) is 1.66. The summed E-state index contributed by atoms with van der Waals surface area (Å²) in [5.41, 5.74) is 3.73. The van der Waals surface area contributed by atoms with Crippen LogP contribution in [-0.2, 0) is 22.3 Å². The Kier molecular flexibility index (Phi) is 5.63. The number of Topliss-reactive ketones (excluding diaryl/α,β-unsaturated/α-hetero) is 1. The Hall–Kier alpha value is -1.92. The first-order valence-electron chi connectivity index (χ1n) is 8.91. The number of esters is 1. The number of aryl methyl sites for hydroxylation is 3. The number of ketones is 1. The molecule has 0 saturated heterocycles. The number of rotatable bonds is 7. The van der Waals surface area contributed by atoms with Gasteiger partial charge in [0.05, 0.1) is 12.6 Å². The van der Waals surface area contributed by atoms with Gasteiger partial charge in [-0.2, -0.15) is 0 Å². The average molecular weight is 375 g/mol. The Labute approximate surface area is 157 Å². The quantitative estimate of drug-likeness (QED) is 0.544. The van der Waals surface area contributed by atoms with Crippen LogP contribution < -0.4 is 0 Å². The summed E-state index contributed by atoms with van der Waals surface area (Å²) in [4.78, 5) is 26.7. The number of hydrogen-bond acceptors (Lipinski definition) is 5. The first kappa shape index (κ1) is 18.9. The first-order chi connectivity index (χ1) is 12.4. The molecule has 3 rings (SSSR count). The molecule has 26 heavy (non-hydrogen) atoms. The molecular formula is C20H25NO4S. The van der Waals surface area contributed by atoms with Crippen molar-refractivity contribution >= 4 is 23.1 Å². The third-order valence-corrected chi connectivity index (χ3v) is 6.13. The SMILES string of the molecule is COCC(C)n1c(C)cc(C(=O)COC(=O)c2cc3c(s2)CCC3)c1C. The molecule has 140 valence electrons. The molecular weight excluding hydrogens is 350 g/mol. The third-order valence-electron chi connectivity index (χ3n) is 4.92. The predicted molar refractivity (Wildman–Crippen MR) is 101 cm³/mol. The van der Waals surface area contributed by atoms with Crippen molar-refractivity contribution in [3.63, 3.8) is 0 Å². The number of hydrogen-bond donors (Lipinski definition) is 0. The van der Waals surface area contributed by atoms with Crippen LogP contribution in [0.2, 0.25) is 0 Å². The molecule has 6 heteroatoms. The molecule has 2 heterocycles. The first-order valence-corrected chi connectivity index (χ1v) is 9.73. The number of nitrogens with zero attached hydrogens (tertiary/aromatic N) is 1. The monoisotopic (exact) mass is 375 g/mol. The summed E-state index contributed by atoms with van der Waals surface area (Å²) in [6.07, 6.45) is 3.23. The van der Waals surface area contributed by atoms with E-state index in [0.29, 0.717) is 17.0 Å². The topological polar surface area (TPSA) is 57.5 Å². The molecule has 1 unspecified atom stereocenters. The minimum atomic E-state index is -0.403. The number of ether oxygens (including phenoxy) is 2. The minimum absolute atomic E-state index is 0.137. The van der Waals surface area contributed by atoms with Crippen LogP contribution in [0.3, 0.4) is 0 Å². The predicted octanol–water partition coefficient (Wildman–Crippen LogP) is 3.90. The number of carbonyl (C=O) groups is 2. The summed E-state index contributed by atoms with van der Waals surface area (Å²) in [6.45, 7) is 6.27. The second kappa shape index (κ2) is 7.76. The maximum absolute atomic E-state index is 12.6. The number of methoxy groups -OCH3 is 1. The van der Waals surface area contributed by atoms with E-state index >= 15 is 0 Å². The molecule has 5 nitrogen and oxygen atoms in total. The maximum Gasteiger partial charge on any atom is 0.348 e. The smallest absolute Gasteiger partial charge is 0.348 e. The lowest BCUT2D eigenvalue weighted by Gasteiger charge is -2.17. The third kappa shape index (κ3) is 3.62. The van der Waals surface area contributed by atoms with Crippen molar-refractivity contribution in [2.45, 2.75) is 46.1 Å². The summed E-state index contributed by atoms with van der Waals surface area (Å²) >= 11 is 1.49. The van der Waals surface area contributed by atoms with Gasteiger partial charge in [-0.15, -0.1) is 11.3 Å². The summed E-state index contributed by atoms with van der Waals surface area (Å²) in [5, 5.41) is 0. The zero-order chi connectivity index (χ0) is 18.8. The molecule has 0 amide bonds. The highest BCUT2D eigenvalue weighted by molar-refractivity contribution is 7.14.